The van der Waals surface area contributed by atoms with Crippen molar-refractivity contribution in [2.75, 3.05) is 0 Å². The van der Waals surface area contributed by atoms with Gasteiger partial charge in [-0.3, -0.25) is 9.48 Å². The highest BCUT2D eigenvalue weighted by atomic mass is 19.4. The van der Waals surface area contributed by atoms with Crippen molar-refractivity contribution in [2.24, 2.45) is 0 Å². The van der Waals surface area contributed by atoms with Crippen molar-refractivity contribution >= 4 is 5.97 Å². The van der Waals surface area contributed by atoms with E-state index >= 15 is 0 Å². The highest BCUT2D eigenvalue weighted by molar-refractivity contribution is 5.72. The third-order valence-corrected chi connectivity index (χ3v) is 5.89. The Labute approximate surface area is 227 Å². The van der Waals surface area contributed by atoms with Gasteiger partial charge >= 0.3 is 12.3 Å². The van der Waals surface area contributed by atoms with Crippen LogP contribution in [0.3, 0.4) is 0 Å². The summed E-state index contributed by atoms with van der Waals surface area (Å²) in [7, 11) is 0. The Morgan fingerprint density at radius 1 is 0.925 bits per heavy atom. The van der Waals surface area contributed by atoms with Gasteiger partial charge in [0.1, 0.15) is 12.4 Å². The molecule has 0 fully saturated rings. The number of aryl methyl sites for hydroxylation is 1. The maximum atomic E-state index is 12.4. The standard InChI is InChI=1S/C29H23F3N4O4/c1-19-14-25(28-33-27(35-40-28)23-10-12-24(13-11-23)39-29(30,31)32)34-36(19)17-22-9-5-8-21(15-22)16-26(37)38-18-20-6-3-2-4-7-20/h2-15H,16-18H2,1H3. The first-order valence-electron chi connectivity index (χ1n) is 12.2. The van der Waals surface area contributed by atoms with Crippen LogP contribution in [0.2, 0.25) is 0 Å². The summed E-state index contributed by atoms with van der Waals surface area (Å²) in [4.78, 5) is 16.7. The third kappa shape index (κ3) is 6.93. The van der Waals surface area contributed by atoms with Crippen LogP contribution in [0.1, 0.15) is 22.4 Å². The highest BCUT2D eigenvalue weighted by Crippen LogP contribution is 2.27. The molecule has 0 spiro atoms. The second-order valence-electron chi connectivity index (χ2n) is 8.97. The summed E-state index contributed by atoms with van der Waals surface area (Å²) >= 11 is 0. The molecule has 0 saturated heterocycles. The number of ether oxygens (including phenoxy) is 2. The fourth-order valence-corrected chi connectivity index (χ4v) is 3.99. The molecule has 0 radical (unpaired) electrons. The second kappa shape index (κ2) is 11.4. The third-order valence-electron chi connectivity index (χ3n) is 5.89. The first-order valence-corrected chi connectivity index (χ1v) is 12.2. The minimum atomic E-state index is -4.77. The van der Waals surface area contributed by atoms with E-state index in [-0.39, 0.29) is 36.5 Å². The Balaban J connectivity index is 1.22. The topological polar surface area (TPSA) is 92.3 Å². The molecule has 5 rings (SSSR count). The smallest absolute Gasteiger partial charge is 0.461 e. The summed E-state index contributed by atoms with van der Waals surface area (Å²) in [5, 5.41) is 8.50. The van der Waals surface area contributed by atoms with E-state index in [2.05, 4.69) is 20.0 Å². The maximum absolute atomic E-state index is 12.4. The molecule has 8 nitrogen and oxygen atoms in total. The van der Waals surface area contributed by atoms with Crippen LogP contribution in [0.15, 0.2) is 89.5 Å². The van der Waals surface area contributed by atoms with E-state index in [1.54, 1.807) is 10.7 Å². The Kier molecular flexibility index (Phi) is 7.63. The second-order valence-corrected chi connectivity index (χ2v) is 8.97. The van der Waals surface area contributed by atoms with Gasteiger partial charge in [-0.25, -0.2) is 0 Å². The molecule has 40 heavy (non-hydrogen) atoms. The largest absolute Gasteiger partial charge is 0.573 e. The summed E-state index contributed by atoms with van der Waals surface area (Å²) in [6.07, 6.45) is -4.62. The highest BCUT2D eigenvalue weighted by Gasteiger charge is 2.31. The van der Waals surface area contributed by atoms with Crippen molar-refractivity contribution in [1.29, 1.82) is 0 Å². The molecule has 0 aliphatic carbocycles. The van der Waals surface area contributed by atoms with Crippen molar-refractivity contribution in [3.63, 3.8) is 0 Å². The van der Waals surface area contributed by atoms with Gasteiger partial charge in [0.15, 0.2) is 5.69 Å². The molecular weight excluding hydrogens is 525 g/mol. The minimum absolute atomic E-state index is 0.151. The molecule has 11 heteroatoms. The molecule has 5 aromatic rings. The Bertz CT molecular complexity index is 1600. The monoisotopic (exact) mass is 548 g/mol. The van der Waals surface area contributed by atoms with Crippen LogP contribution in [0.5, 0.6) is 5.75 Å². The number of alkyl halides is 3. The van der Waals surface area contributed by atoms with Gasteiger partial charge in [0.05, 0.1) is 13.0 Å². The number of nitrogens with zero attached hydrogens (tertiary/aromatic N) is 4. The van der Waals surface area contributed by atoms with E-state index in [1.165, 1.54) is 24.3 Å². The van der Waals surface area contributed by atoms with Crippen LogP contribution in [-0.2, 0) is 29.1 Å². The molecule has 0 aliphatic rings. The molecular formula is C29H23F3N4O4. The number of halogens is 3. The lowest BCUT2D eigenvalue weighted by atomic mass is 10.1. The first kappa shape index (κ1) is 26.7. The number of carbonyl (C=O) groups excluding carboxylic acids is 1. The van der Waals surface area contributed by atoms with Gasteiger partial charge in [-0.15, -0.1) is 13.2 Å². The van der Waals surface area contributed by atoms with Crippen molar-refractivity contribution < 1.29 is 32.0 Å². The number of benzene rings is 3. The average Bonchev–Trinajstić information content (AvgIpc) is 3.55. The van der Waals surface area contributed by atoms with Gasteiger partial charge in [0.25, 0.3) is 5.89 Å². The number of rotatable bonds is 9. The van der Waals surface area contributed by atoms with E-state index in [0.717, 1.165) is 22.4 Å². The Hall–Kier alpha value is -4.93. The van der Waals surface area contributed by atoms with Crippen molar-refractivity contribution in [2.45, 2.75) is 32.9 Å². The fourth-order valence-electron chi connectivity index (χ4n) is 3.99. The molecule has 204 valence electrons. The lowest BCUT2D eigenvalue weighted by Crippen LogP contribution is -2.16. The zero-order valence-corrected chi connectivity index (χ0v) is 21.3. The molecule has 0 amide bonds. The molecule has 0 unspecified atom stereocenters. The molecule has 3 aromatic carbocycles. The summed E-state index contributed by atoms with van der Waals surface area (Å²) in [5.41, 5.74) is 4.45. The molecule has 2 aromatic heterocycles. The fraction of sp³-hybridized carbons (Fsp3) is 0.172. The van der Waals surface area contributed by atoms with Gasteiger partial charge in [-0.05, 0) is 53.9 Å². The van der Waals surface area contributed by atoms with Crippen LogP contribution in [0.25, 0.3) is 23.0 Å². The lowest BCUT2D eigenvalue weighted by Gasteiger charge is -2.08. The van der Waals surface area contributed by atoms with E-state index in [0.29, 0.717) is 17.8 Å². The van der Waals surface area contributed by atoms with Crippen LogP contribution in [0.4, 0.5) is 13.2 Å². The number of hydrogen-bond acceptors (Lipinski definition) is 7. The maximum Gasteiger partial charge on any atom is 0.573 e. The summed E-state index contributed by atoms with van der Waals surface area (Å²) in [5.74, 6) is -0.286. The first-order chi connectivity index (χ1) is 19.2. The van der Waals surface area contributed by atoms with Crippen molar-refractivity contribution in [1.82, 2.24) is 19.9 Å². The summed E-state index contributed by atoms with van der Waals surface area (Å²) < 4.78 is 53.6. The van der Waals surface area contributed by atoms with Crippen LogP contribution >= 0.6 is 0 Å². The van der Waals surface area contributed by atoms with E-state index in [4.69, 9.17) is 9.26 Å². The van der Waals surface area contributed by atoms with Gasteiger partial charge in [0, 0.05) is 11.3 Å². The zero-order chi connectivity index (χ0) is 28.1. The predicted octanol–water partition coefficient (Wildman–Crippen LogP) is 6.14. The lowest BCUT2D eigenvalue weighted by molar-refractivity contribution is -0.274. The molecule has 0 bridgehead atoms. The number of carbonyl (C=O) groups is 1. The van der Waals surface area contributed by atoms with E-state index in [1.807, 2.05) is 61.5 Å². The quantitative estimate of drug-likeness (QED) is 0.204. The van der Waals surface area contributed by atoms with Crippen LogP contribution in [-0.4, -0.2) is 32.3 Å². The Morgan fingerprint density at radius 3 is 2.40 bits per heavy atom. The van der Waals surface area contributed by atoms with E-state index < -0.39 is 6.36 Å². The zero-order valence-electron chi connectivity index (χ0n) is 21.3. The summed E-state index contributed by atoms with van der Waals surface area (Å²) in [6.45, 7) is 2.56. The SMILES string of the molecule is Cc1cc(-c2nc(-c3ccc(OC(F)(F)F)cc3)no2)nn1Cc1cccc(CC(=O)OCc2ccccc2)c1. The molecule has 2 heterocycles. The number of esters is 1. The number of aromatic nitrogens is 4. The molecule has 0 saturated carbocycles. The summed E-state index contributed by atoms with van der Waals surface area (Å²) in [6, 6.07) is 24.1. The van der Waals surface area contributed by atoms with Gasteiger partial charge in [0.2, 0.25) is 5.82 Å². The molecule has 0 aliphatic heterocycles. The normalized spacial score (nSPS) is 11.4. The Morgan fingerprint density at radius 2 is 1.65 bits per heavy atom. The van der Waals surface area contributed by atoms with Gasteiger partial charge < -0.3 is 14.0 Å². The van der Waals surface area contributed by atoms with E-state index in [9.17, 15) is 18.0 Å². The van der Waals surface area contributed by atoms with Crippen molar-refractivity contribution in [3.8, 4) is 28.7 Å². The minimum Gasteiger partial charge on any atom is -0.461 e. The van der Waals surface area contributed by atoms with Crippen LogP contribution < -0.4 is 4.74 Å². The van der Waals surface area contributed by atoms with Crippen molar-refractivity contribution in [3.05, 3.63) is 107 Å². The van der Waals surface area contributed by atoms with Gasteiger partial charge in [-0.2, -0.15) is 10.1 Å². The molecule has 0 atom stereocenters. The molecule has 0 N–H and O–H groups in total. The predicted molar refractivity (Wildman–Crippen MR) is 138 cm³/mol. The van der Waals surface area contributed by atoms with Gasteiger partial charge in [-0.1, -0.05) is 59.8 Å². The average molecular weight is 549 g/mol. The number of hydrogen-bond donors (Lipinski definition) is 0. The van der Waals surface area contributed by atoms with Crippen LogP contribution in [0, 0.1) is 6.92 Å².